The van der Waals surface area contributed by atoms with Crippen LogP contribution < -0.4 is 11.1 Å². The number of oxazole rings is 1. The Kier molecular flexibility index (Phi) is 5.05. The zero-order valence-corrected chi connectivity index (χ0v) is 15.5. The average molecular weight is 396 g/mol. The number of carbonyl (C=O) groups is 2. The fourth-order valence-corrected chi connectivity index (χ4v) is 3.57. The summed E-state index contributed by atoms with van der Waals surface area (Å²) in [4.78, 5) is 41.6. The van der Waals surface area contributed by atoms with E-state index in [1.165, 1.54) is 4.90 Å². The van der Waals surface area contributed by atoms with E-state index in [1.54, 1.807) is 18.2 Å². The van der Waals surface area contributed by atoms with Crippen molar-refractivity contribution in [3.8, 4) is 0 Å². The van der Waals surface area contributed by atoms with Crippen LogP contribution in [0.2, 0.25) is 0 Å². The molecule has 29 heavy (non-hydrogen) atoms. The van der Waals surface area contributed by atoms with E-state index in [-0.39, 0.29) is 5.91 Å². The van der Waals surface area contributed by atoms with Crippen molar-refractivity contribution in [2.24, 2.45) is 0 Å². The van der Waals surface area contributed by atoms with Gasteiger partial charge in [-0.25, -0.2) is 9.59 Å². The highest BCUT2D eigenvalue weighted by Crippen LogP contribution is 2.25. The third-order valence-electron chi connectivity index (χ3n) is 5.00. The number of amides is 2. The van der Waals surface area contributed by atoms with E-state index in [0.29, 0.717) is 43.0 Å². The molecule has 2 heterocycles. The molecule has 0 spiro atoms. The third-order valence-corrected chi connectivity index (χ3v) is 5.00. The number of hydrogen-bond donors (Lipinski definition) is 3. The van der Waals surface area contributed by atoms with Crippen LogP contribution in [0.15, 0.2) is 57.7 Å². The summed E-state index contributed by atoms with van der Waals surface area (Å²) in [6, 6.07) is 13.7. The van der Waals surface area contributed by atoms with Gasteiger partial charge in [0.2, 0.25) is 5.91 Å². The Balaban J connectivity index is 1.57. The van der Waals surface area contributed by atoms with Crippen molar-refractivity contribution < 1.29 is 19.1 Å². The maximum Gasteiger partial charge on any atom is 0.417 e. The minimum atomic E-state index is -0.952. The van der Waals surface area contributed by atoms with Gasteiger partial charge in [-0.2, -0.15) is 0 Å². The minimum Gasteiger partial charge on any atom is -0.465 e. The summed E-state index contributed by atoms with van der Waals surface area (Å²) in [6.45, 7) is 1.58. The Morgan fingerprint density at radius 2 is 1.79 bits per heavy atom. The molecule has 0 radical (unpaired) electrons. The van der Waals surface area contributed by atoms with E-state index in [0.717, 1.165) is 5.56 Å². The largest absolute Gasteiger partial charge is 0.465 e. The molecule has 4 rings (SSSR count). The summed E-state index contributed by atoms with van der Waals surface area (Å²) < 4.78 is 5.05. The van der Waals surface area contributed by atoms with Gasteiger partial charge < -0.3 is 19.7 Å². The van der Waals surface area contributed by atoms with Crippen LogP contribution in [0.4, 0.5) is 10.5 Å². The number of carboxylic acid groups (broad SMARTS) is 1. The molecule has 1 unspecified atom stereocenters. The van der Waals surface area contributed by atoms with Crippen LogP contribution in [0.1, 0.15) is 11.6 Å². The first-order chi connectivity index (χ1) is 14.0. The Morgan fingerprint density at radius 3 is 2.48 bits per heavy atom. The number of hydrogen-bond acceptors (Lipinski definition) is 5. The molecule has 1 fully saturated rings. The summed E-state index contributed by atoms with van der Waals surface area (Å²) in [5.74, 6) is -0.792. The normalized spacial score (nSPS) is 15.9. The molecule has 0 saturated carbocycles. The van der Waals surface area contributed by atoms with Gasteiger partial charge in [-0.15, -0.1) is 0 Å². The summed E-state index contributed by atoms with van der Waals surface area (Å²) >= 11 is 0. The summed E-state index contributed by atoms with van der Waals surface area (Å²) in [5, 5.41) is 12.1. The first-order valence-electron chi connectivity index (χ1n) is 9.22. The molecule has 1 aromatic heterocycles. The monoisotopic (exact) mass is 396 g/mol. The Bertz CT molecular complexity index is 1080. The van der Waals surface area contributed by atoms with Crippen molar-refractivity contribution in [1.29, 1.82) is 0 Å². The standard InChI is InChI=1S/C20H20N4O5/c25-18(21-14-6-7-15-16(12-14)29-19(26)22-15)17(13-4-2-1-3-5-13)23-8-10-24(11-9-23)20(27)28/h1-7,12,17H,8-11H2,(H,21,25)(H,22,26)(H,27,28). The smallest absolute Gasteiger partial charge is 0.417 e. The van der Waals surface area contributed by atoms with Gasteiger partial charge >= 0.3 is 11.8 Å². The van der Waals surface area contributed by atoms with Gasteiger partial charge in [-0.1, -0.05) is 30.3 Å². The molecule has 0 bridgehead atoms. The van der Waals surface area contributed by atoms with Gasteiger partial charge in [-0.3, -0.25) is 14.7 Å². The van der Waals surface area contributed by atoms with E-state index in [9.17, 15) is 14.4 Å². The third kappa shape index (κ3) is 3.99. The van der Waals surface area contributed by atoms with E-state index < -0.39 is 17.9 Å². The van der Waals surface area contributed by atoms with Crippen molar-refractivity contribution in [1.82, 2.24) is 14.8 Å². The fraction of sp³-hybridized carbons (Fsp3) is 0.250. The lowest BCUT2D eigenvalue weighted by Crippen LogP contribution is -2.51. The Hall–Kier alpha value is -3.59. The van der Waals surface area contributed by atoms with Crippen LogP contribution in [0.3, 0.4) is 0 Å². The fourth-order valence-electron chi connectivity index (χ4n) is 3.57. The number of aromatic amines is 1. The highest BCUT2D eigenvalue weighted by molar-refractivity contribution is 5.96. The van der Waals surface area contributed by atoms with Gasteiger partial charge in [-0.05, 0) is 17.7 Å². The SMILES string of the molecule is O=C(Nc1ccc2[nH]c(=O)oc2c1)C(c1ccccc1)N1CCN(C(=O)O)CC1. The van der Waals surface area contributed by atoms with Gasteiger partial charge in [0.25, 0.3) is 0 Å². The predicted molar refractivity (Wildman–Crippen MR) is 106 cm³/mol. The molecule has 2 aromatic carbocycles. The number of rotatable bonds is 4. The van der Waals surface area contributed by atoms with Crippen LogP contribution in [-0.4, -0.2) is 58.1 Å². The quantitative estimate of drug-likeness (QED) is 0.621. The van der Waals surface area contributed by atoms with E-state index in [1.807, 2.05) is 35.2 Å². The molecule has 150 valence electrons. The van der Waals surface area contributed by atoms with Crippen molar-refractivity contribution in [3.05, 3.63) is 64.6 Å². The summed E-state index contributed by atoms with van der Waals surface area (Å²) in [6.07, 6.45) is -0.952. The lowest BCUT2D eigenvalue weighted by Gasteiger charge is -2.37. The van der Waals surface area contributed by atoms with Crippen molar-refractivity contribution in [2.45, 2.75) is 6.04 Å². The lowest BCUT2D eigenvalue weighted by atomic mass is 10.0. The maximum absolute atomic E-state index is 13.2. The molecule has 1 aliphatic rings. The predicted octanol–water partition coefficient (Wildman–Crippen LogP) is 2.10. The number of piperazine rings is 1. The van der Waals surface area contributed by atoms with Crippen LogP contribution in [0.5, 0.6) is 0 Å². The number of H-pyrrole nitrogens is 1. The van der Waals surface area contributed by atoms with E-state index in [2.05, 4.69) is 10.3 Å². The second kappa shape index (κ2) is 7.80. The van der Waals surface area contributed by atoms with Gasteiger partial charge in [0.15, 0.2) is 5.58 Å². The van der Waals surface area contributed by atoms with Crippen molar-refractivity contribution >= 4 is 28.8 Å². The number of aromatic nitrogens is 1. The van der Waals surface area contributed by atoms with E-state index in [4.69, 9.17) is 9.52 Å². The maximum atomic E-state index is 13.2. The van der Waals surface area contributed by atoms with Gasteiger partial charge in [0.1, 0.15) is 6.04 Å². The number of benzene rings is 2. The average Bonchev–Trinajstić information content (AvgIpc) is 3.08. The number of fused-ring (bicyclic) bond motifs is 1. The number of anilines is 1. The molecule has 2 amide bonds. The molecule has 3 aromatic rings. The molecule has 1 aliphatic heterocycles. The molecule has 9 nitrogen and oxygen atoms in total. The molecular weight excluding hydrogens is 376 g/mol. The highest BCUT2D eigenvalue weighted by Gasteiger charge is 2.31. The second-order valence-electron chi connectivity index (χ2n) is 6.83. The van der Waals surface area contributed by atoms with Crippen molar-refractivity contribution in [3.63, 3.8) is 0 Å². The molecule has 0 aliphatic carbocycles. The molecular formula is C20H20N4O5. The zero-order valence-electron chi connectivity index (χ0n) is 15.5. The second-order valence-corrected chi connectivity index (χ2v) is 6.83. The first kappa shape index (κ1) is 18.8. The lowest BCUT2D eigenvalue weighted by molar-refractivity contribution is -0.122. The first-order valence-corrected chi connectivity index (χ1v) is 9.22. The molecule has 1 atom stereocenters. The summed E-state index contributed by atoms with van der Waals surface area (Å²) in [5.41, 5.74) is 2.25. The number of carbonyl (C=O) groups excluding carboxylic acids is 1. The topological polar surface area (TPSA) is 119 Å². The Labute approximate surface area is 165 Å². The van der Waals surface area contributed by atoms with E-state index >= 15 is 0 Å². The van der Waals surface area contributed by atoms with Gasteiger partial charge in [0.05, 0.1) is 5.52 Å². The summed E-state index contributed by atoms with van der Waals surface area (Å²) in [7, 11) is 0. The number of nitrogens with zero attached hydrogens (tertiary/aromatic N) is 2. The number of nitrogens with one attached hydrogen (secondary N) is 2. The molecule has 3 N–H and O–H groups in total. The molecule has 9 heteroatoms. The molecule has 1 saturated heterocycles. The highest BCUT2D eigenvalue weighted by atomic mass is 16.4. The van der Waals surface area contributed by atoms with Gasteiger partial charge in [0, 0.05) is 37.9 Å². The minimum absolute atomic E-state index is 0.239. The van der Waals surface area contributed by atoms with Crippen LogP contribution in [0.25, 0.3) is 11.1 Å². The zero-order chi connectivity index (χ0) is 20.4. The Morgan fingerprint density at radius 1 is 1.07 bits per heavy atom. The van der Waals surface area contributed by atoms with Crippen LogP contribution in [0, 0.1) is 0 Å². The van der Waals surface area contributed by atoms with Crippen LogP contribution >= 0.6 is 0 Å². The van der Waals surface area contributed by atoms with Crippen LogP contribution in [-0.2, 0) is 4.79 Å². The van der Waals surface area contributed by atoms with Crippen molar-refractivity contribution in [2.75, 3.05) is 31.5 Å².